The summed E-state index contributed by atoms with van der Waals surface area (Å²) in [7, 11) is -3.98. The van der Waals surface area contributed by atoms with Gasteiger partial charge in [-0.25, -0.2) is 8.42 Å². The van der Waals surface area contributed by atoms with Crippen molar-refractivity contribution in [3.63, 3.8) is 0 Å². The third-order valence-electron chi connectivity index (χ3n) is 4.43. The van der Waals surface area contributed by atoms with Gasteiger partial charge in [-0.15, -0.1) is 0 Å². The zero-order valence-electron chi connectivity index (χ0n) is 16.5. The topological polar surface area (TPSA) is 118 Å². The summed E-state index contributed by atoms with van der Waals surface area (Å²) in [6.45, 7) is 3.41. The highest BCUT2D eigenvalue weighted by atomic mass is 35.5. The Hall–Kier alpha value is -3.43. The molecule has 0 aliphatic rings. The number of hydrogen-bond donors (Lipinski definition) is 2. The Bertz CT molecular complexity index is 1290. The molecule has 2 N–H and O–H groups in total. The molecule has 1 amide bonds. The van der Waals surface area contributed by atoms with Crippen molar-refractivity contribution in [1.29, 1.82) is 0 Å². The quantitative estimate of drug-likeness (QED) is 0.400. The fourth-order valence-electron chi connectivity index (χ4n) is 2.85. The van der Waals surface area contributed by atoms with Crippen LogP contribution in [-0.2, 0) is 10.0 Å². The standard InChI is InChI=1S/C21H18ClN3O5S/c1-13-4-3-5-16(10-13)24-31(29,30)17-8-9-19(22)18(12-17)21(26)23-15-7-6-14(2)20(11-15)25(27)28/h3-12,24H,1-2H3,(H,23,26). The van der Waals surface area contributed by atoms with Crippen LogP contribution in [0.2, 0.25) is 5.02 Å². The van der Waals surface area contributed by atoms with Crippen molar-refractivity contribution in [1.82, 2.24) is 0 Å². The third kappa shape index (κ3) is 5.19. The first-order chi connectivity index (χ1) is 14.6. The van der Waals surface area contributed by atoms with Gasteiger partial charge in [-0.3, -0.25) is 19.6 Å². The average molecular weight is 460 g/mol. The Morgan fingerprint density at radius 3 is 2.42 bits per heavy atom. The Morgan fingerprint density at radius 1 is 1.00 bits per heavy atom. The van der Waals surface area contributed by atoms with Crippen LogP contribution < -0.4 is 10.0 Å². The van der Waals surface area contributed by atoms with Crippen LogP contribution >= 0.6 is 11.6 Å². The van der Waals surface area contributed by atoms with Crippen LogP contribution in [0.3, 0.4) is 0 Å². The van der Waals surface area contributed by atoms with E-state index >= 15 is 0 Å². The minimum atomic E-state index is -3.98. The molecule has 0 bridgehead atoms. The number of anilines is 2. The molecule has 10 heteroatoms. The number of nitrogens with one attached hydrogen (secondary N) is 2. The lowest BCUT2D eigenvalue weighted by Crippen LogP contribution is -2.16. The second-order valence-electron chi connectivity index (χ2n) is 6.83. The van der Waals surface area contributed by atoms with Crippen molar-refractivity contribution >= 4 is 44.6 Å². The number of amides is 1. The number of carbonyl (C=O) groups excluding carboxylic acids is 1. The fourth-order valence-corrected chi connectivity index (χ4v) is 4.13. The largest absolute Gasteiger partial charge is 0.322 e. The van der Waals surface area contributed by atoms with Crippen LogP contribution in [0.15, 0.2) is 65.6 Å². The van der Waals surface area contributed by atoms with Gasteiger partial charge in [-0.1, -0.05) is 29.8 Å². The van der Waals surface area contributed by atoms with E-state index in [1.807, 2.05) is 13.0 Å². The summed E-state index contributed by atoms with van der Waals surface area (Å²) in [6, 6.07) is 14.8. The van der Waals surface area contributed by atoms with E-state index in [2.05, 4.69) is 10.0 Å². The number of sulfonamides is 1. The summed E-state index contributed by atoms with van der Waals surface area (Å²) in [5.41, 5.74) is 1.65. The number of halogens is 1. The smallest absolute Gasteiger partial charge is 0.274 e. The Morgan fingerprint density at radius 2 is 1.74 bits per heavy atom. The number of nitro groups is 1. The number of benzene rings is 3. The first kappa shape index (κ1) is 22.3. The summed E-state index contributed by atoms with van der Waals surface area (Å²) in [6.07, 6.45) is 0. The second-order valence-corrected chi connectivity index (χ2v) is 8.92. The monoisotopic (exact) mass is 459 g/mol. The number of nitro benzene ring substituents is 1. The van der Waals surface area contributed by atoms with Gasteiger partial charge in [-0.05, 0) is 55.8 Å². The van der Waals surface area contributed by atoms with Crippen molar-refractivity contribution in [2.75, 3.05) is 10.0 Å². The van der Waals surface area contributed by atoms with E-state index in [0.29, 0.717) is 11.3 Å². The molecule has 0 atom stereocenters. The van der Waals surface area contributed by atoms with Crippen molar-refractivity contribution in [2.45, 2.75) is 18.7 Å². The van der Waals surface area contributed by atoms with E-state index in [-0.39, 0.29) is 26.9 Å². The molecule has 3 aromatic rings. The Balaban J connectivity index is 1.89. The van der Waals surface area contributed by atoms with Crippen LogP contribution in [-0.4, -0.2) is 19.2 Å². The number of carbonyl (C=O) groups is 1. The van der Waals surface area contributed by atoms with Crippen LogP contribution in [0.1, 0.15) is 21.5 Å². The van der Waals surface area contributed by atoms with Gasteiger partial charge in [0, 0.05) is 23.0 Å². The van der Waals surface area contributed by atoms with Gasteiger partial charge in [0.05, 0.1) is 20.4 Å². The summed E-state index contributed by atoms with van der Waals surface area (Å²) in [5, 5.41) is 13.7. The molecule has 0 fully saturated rings. The molecular formula is C21H18ClN3O5S. The highest BCUT2D eigenvalue weighted by molar-refractivity contribution is 7.92. The van der Waals surface area contributed by atoms with Crippen LogP contribution in [0.5, 0.6) is 0 Å². The van der Waals surface area contributed by atoms with Crippen molar-refractivity contribution < 1.29 is 18.1 Å². The van der Waals surface area contributed by atoms with E-state index < -0.39 is 20.9 Å². The zero-order valence-corrected chi connectivity index (χ0v) is 18.1. The SMILES string of the molecule is Cc1cccc(NS(=O)(=O)c2ccc(Cl)c(C(=O)Nc3ccc(C)c([N+](=O)[O-])c3)c2)c1. The van der Waals surface area contributed by atoms with E-state index in [1.165, 1.54) is 30.3 Å². The molecule has 0 aromatic heterocycles. The van der Waals surface area contributed by atoms with Gasteiger partial charge in [-0.2, -0.15) is 0 Å². The molecular weight excluding hydrogens is 442 g/mol. The normalized spacial score (nSPS) is 11.1. The highest BCUT2D eigenvalue weighted by Crippen LogP contribution is 2.26. The lowest BCUT2D eigenvalue weighted by atomic mass is 10.1. The summed E-state index contributed by atoms with van der Waals surface area (Å²) in [5.74, 6) is -0.698. The summed E-state index contributed by atoms with van der Waals surface area (Å²) < 4.78 is 28.0. The lowest BCUT2D eigenvalue weighted by Gasteiger charge is -2.12. The van der Waals surface area contributed by atoms with Gasteiger partial charge in [0.25, 0.3) is 21.6 Å². The van der Waals surface area contributed by atoms with E-state index in [9.17, 15) is 23.3 Å². The first-order valence-electron chi connectivity index (χ1n) is 9.02. The van der Waals surface area contributed by atoms with Crippen molar-refractivity contribution in [3.05, 3.63) is 92.5 Å². The van der Waals surface area contributed by atoms with Gasteiger partial charge >= 0.3 is 0 Å². The maximum atomic E-state index is 12.8. The molecule has 0 radical (unpaired) electrons. The molecule has 0 heterocycles. The summed E-state index contributed by atoms with van der Waals surface area (Å²) >= 11 is 6.11. The van der Waals surface area contributed by atoms with Crippen LogP contribution in [0.4, 0.5) is 17.1 Å². The Labute approximate surface area is 184 Å². The first-order valence-corrected chi connectivity index (χ1v) is 10.9. The second kappa shape index (κ2) is 8.75. The summed E-state index contributed by atoms with van der Waals surface area (Å²) in [4.78, 5) is 23.1. The molecule has 0 aliphatic heterocycles. The predicted octanol–water partition coefficient (Wildman–Crippen LogP) is 4.92. The average Bonchev–Trinajstić information content (AvgIpc) is 2.69. The van der Waals surface area contributed by atoms with Crippen molar-refractivity contribution in [2.24, 2.45) is 0 Å². The minimum absolute atomic E-state index is 0.0358. The number of rotatable bonds is 6. The Kier molecular flexibility index (Phi) is 6.28. The highest BCUT2D eigenvalue weighted by Gasteiger charge is 2.20. The van der Waals surface area contributed by atoms with Gasteiger partial charge in [0.1, 0.15) is 0 Å². The number of hydrogen-bond acceptors (Lipinski definition) is 5. The predicted molar refractivity (Wildman–Crippen MR) is 119 cm³/mol. The van der Waals surface area contributed by atoms with Crippen molar-refractivity contribution in [3.8, 4) is 0 Å². The van der Waals surface area contributed by atoms with E-state index in [1.54, 1.807) is 25.1 Å². The third-order valence-corrected chi connectivity index (χ3v) is 6.14. The molecule has 0 unspecified atom stereocenters. The maximum Gasteiger partial charge on any atom is 0.274 e. The lowest BCUT2D eigenvalue weighted by molar-refractivity contribution is -0.385. The molecule has 160 valence electrons. The number of nitrogens with zero attached hydrogens (tertiary/aromatic N) is 1. The van der Waals surface area contributed by atoms with Crippen LogP contribution in [0.25, 0.3) is 0 Å². The molecule has 31 heavy (non-hydrogen) atoms. The zero-order chi connectivity index (χ0) is 22.8. The van der Waals surface area contributed by atoms with E-state index in [0.717, 1.165) is 11.6 Å². The van der Waals surface area contributed by atoms with Gasteiger partial charge in [0.2, 0.25) is 0 Å². The fraction of sp³-hybridized carbons (Fsp3) is 0.0952. The van der Waals surface area contributed by atoms with Gasteiger partial charge < -0.3 is 5.32 Å². The molecule has 8 nitrogen and oxygen atoms in total. The molecule has 0 spiro atoms. The molecule has 3 aromatic carbocycles. The molecule has 0 saturated carbocycles. The maximum absolute atomic E-state index is 12.8. The molecule has 0 aliphatic carbocycles. The molecule has 0 saturated heterocycles. The minimum Gasteiger partial charge on any atom is -0.322 e. The number of aryl methyl sites for hydroxylation is 2. The van der Waals surface area contributed by atoms with E-state index in [4.69, 9.17) is 11.6 Å². The van der Waals surface area contributed by atoms with Crippen LogP contribution in [0, 0.1) is 24.0 Å². The molecule has 3 rings (SSSR count). The van der Waals surface area contributed by atoms with Gasteiger partial charge in [0.15, 0.2) is 0 Å².